The molecule has 0 heterocycles. The van der Waals surface area contributed by atoms with Crippen molar-refractivity contribution in [2.45, 2.75) is 6.42 Å². The van der Waals surface area contributed by atoms with Gasteiger partial charge in [0.15, 0.2) is 0 Å². The lowest BCUT2D eigenvalue weighted by atomic mass is 10.1. The summed E-state index contributed by atoms with van der Waals surface area (Å²) in [5.74, 6) is 0. The van der Waals surface area contributed by atoms with Gasteiger partial charge in [-0.3, -0.25) is 4.72 Å². The fourth-order valence-corrected chi connectivity index (χ4v) is 1.83. The van der Waals surface area contributed by atoms with Crippen molar-refractivity contribution in [1.29, 1.82) is 0 Å². The highest BCUT2D eigenvalue weighted by molar-refractivity contribution is 7.92. The molecule has 1 rings (SSSR count). The quantitative estimate of drug-likeness (QED) is 0.730. The standard InChI is InChI=1S/C10H14N2O4S/c1-17(15,16)12-9-4-2-8(3-5-9)6-7-11-10(13)14/h2-5,11-12H,6-7H2,1H3,(H,13,14). The fraction of sp³-hybridized carbons (Fsp3) is 0.300. The Balaban J connectivity index is 2.53. The van der Waals surface area contributed by atoms with E-state index < -0.39 is 16.1 Å². The number of carboxylic acid groups (broad SMARTS) is 1. The minimum atomic E-state index is -3.26. The van der Waals surface area contributed by atoms with Crippen molar-refractivity contribution in [3.05, 3.63) is 29.8 Å². The number of carbonyl (C=O) groups is 1. The van der Waals surface area contributed by atoms with Crippen LogP contribution in [0.5, 0.6) is 0 Å². The Morgan fingerprint density at radius 1 is 1.29 bits per heavy atom. The summed E-state index contributed by atoms with van der Waals surface area (Å²) < 4.78 is 24.2. The molecule has 0 atom stereocenters. The van der Waals surface area contributed by atoms with Crippen molar-refractivity contribution in [3.8, 4) is 0 Å². The van der Waals surface area contributed by atoms with Crippen molar-refractivity contribution < 1.29 is 18.3 Å². The third kappa shape index (κ3) is 5.76. The summed E-state index contributed by atoms with van der Waals surface area (Å²) in [6.07, 6.45) is 0.587. The number of hydrogen-bond donors (Lipinski definition) is 3. The van der Waals surface area contributed by atoms with Gasteiger partial charge in [-0.1, -0.05) is 12.1 Å². The Labute approximate surface area is 99.7 Å². The maximum atomic E-state index is 10.9. The van der Waals surface area contributed by atoms with E-state index in [1.807, 2.05) is 0 Å². The zero-order valence-electron chi connectivity index (χ0n) is 9.30. The van der Waals surface area contributed by atoms with Gasteiger partial charge in [0.25, 0.3) is 0 Å². The summed E-state index contributed by atoms with van der Waals surface area (Å²) >= 11 is 0. The summed E-state index contributed by atoms with van der Waals surface area (Å²) in [7, 11) is -3.26. The Bertz CT molecular complexity index is 482. The zero-order valence-corrected chi connectivity index (χ0v) is 10.1. The van der Waals surface area contributed by atoms with Crippen molar-refractivity contribution in [1.82, 2.24) is 5.32 Å². The third-order valence-corrected chi connectivity index (χ3v) is 2.55. The number of sulfonamides is 1. The molecule has 0 aliphatic rings. The van der Waals surface area contributed by atoms with Gasteiger partial charge < -0.3 is 10.4 Å². The van der Waals surface area contributed by atoms with Gasteiger partial charge in [-0.25, -0.2) is 13.2 Å². The van der Waals surface area contributed by atoms with E-state index in [0.717, 1.165) is 11.8 Å². The molecule has 3 N–H and O–H groups in total. The van der Waals surface area contributed by atoms with Crippen LogP contribution in [0, 0.1) is 0 Å². The normalized spacial score (nSPS) is 10.9. The lowest BCUT2D eigenvalue weighted by Crippen LogP contribution is -2.23. The maximum Gasteiger partial charge on any atom is 0.404 e. The van der Waals surface area contributed by atoms with Crippen LogP contribution in [0.3, 0.4) is 0 Å². The van der Waals surface area contributed by atoms with Gasteiger partial charge in [-0.05, 0) is 24.1 Å². The van der Waals surface area contributed by atoms with Crippen LogP contribution in [0.25, 0.3) is 0 Å². The van der Waals surface area contributed by atoms with Gasteiger partial charge in [0.1, 0.15) is 0 Å². The molecule has 0 radical (unpaired) electrons. The molecule has 94 valence electrons. The van der Waals surface area contributed by atoms with Crippen LogP contribution >= 0.6 is 0 Å². The predicted molar refractivity (Wildman–Crippen MR) is 64.6 cm³/mol. The Morgan fingerprint density at radius 3 is 2.35 bits per heavy atom. The average molecular weight is 258 g/mol. The van der Waals surface area contributed by atoms with Gasteiger partial charge in [-0.15, -0.1) is 0 Å². The first-order valence-electron chi connectivity index (χ1n) is 4.90. The average Bonchev–Trinajstić information content (AvgIpc) is 2.18. The summed E-state index contributed by atoms with van der Waals surface area (Å²) in [4.78, 5) is 10.2. The molecule has 6 nitrogen and oxygen atoms in total. The molecule has 17 heavy (non-hydrogen) atoms. The minimum absolute atomic E-state index is 0.328. The number of amides is 1. The summed E-state index contributed by atoms with van der Waals surface area (Å²) in [5.41, 5.74) is 1.42. The van der Waals surface area contributed by atoms with Crippen molar-refractivity contribution in [2.75, 3.05) is 17.5 Å². The predicted octanol–water partition coefficient (Wildman–Crippen LogP) is 0.868. The first-order valence-corrected chi connectivity index (χ1v) is 6.79. The first-order chi connectivity index (χ1) is 7.87. The van der Waals surface area contributed by atoms with Crippen LogP contribution in [0.4, 0.5) is 10.5 Å². The Kier molecular flexibility index (Phi) is 4.33. The van der Waals surface area contributed by atoms with Crippen molar-refractivity contribution in [3.63, 3.8) is 0 Å². The SMILES string of the molecule is CS(=O)(=O)Nc1ccc(CCNC(=O)O)cc1. The van der Waals surface area contributed by atoms with Crippen LogP contribution in [0.15, 0.2) is 24.3 Å². The van der Waals surface area contributed by atoms with Crippen LogP contribution in [0.2, 0.25) is 0 Å². The number of benzene rings is 1. The molecule has 0 fully saturated rings. The van der Waals surface area contributed by atoms with Gasteiger partial charge >= 0.3 is 6.09 Å². The lowest BCUT2D eigenvalue weighted by Gasteiger charge is -2.05. The van der Waals surface area contributed by atoms with Gasteiger partial charge in [0, 0.05) is 12.2 Å². The molecule has 7 heteroatoms. The topological polar surface area (TPSA) is 95.5 Å². The van der Waals surface area contributed by atoms with Crippen molar-refractivity contribution in [2.24, 2.45) is 0 Å². The largest absolute Gasteiger partial charge is 0.465 e. The molecule has 0 aliphatic heterocycles. The van der Waals surface area contributed by atoms with E-state index in [4.69, 9.17) is 5.11 Å². The molecule has 0 spiro atoms. The second-order valence-corrected chi connectivity index (χ2v) is 5.30. The molecule has 1 aromatic rings. The number of rotatable bonds is 5. The fourth-order valence-electron chi connectivity index (χ4n) is 1.27. The highest BCUT2D eigenvalue weighted by atomic mass is 32.2. The first kappa shape index (κ1) is 13.3. The zero-order chi connectivity index (χ0) is 12.9. The van der Waals surface area contributed by atoms with E-state index in [1.54, 1.807) is 24.3 Å². The van der Waals surface area contributed by atoms with E-state index in [1.165, 1.54) is 0 Å². The number of hydrogen-bond acceptors (Lipinski definition) is 3. The maximum absolute atomic E-state index is 10.9. The molecular weight excluding hydrogens is 244 g/mol. The second kappa shape index (κ2) is 5.53. The van der Waals surface area contributed by atoms with E-state index in [0.29, 0.717) is 18.7 Å². The minimum Gasteiger partial charge on any atom is -0.465 e. The third-order valence-electron chi connectivity index (χ3n) is 1.95. The van der Waals surface area contributed by atoms with E-state index in [2.05, 4.69) is 10.0 Å². The Morgan fingerprint density at radius 2 is 1.88 bits per heavy atom. The Hall–Kier alpha value is -1.76. The van der Waals surface area contributed by atoms with Gasteiger partial charge in [0.2, 0.25) is 10.0 Å². The molecule has 0 bridgehead atoms. The van der Waals surface area contributed by atoms with Crippen LogP contribution in [0.1, 0.15) is 5.56 Å². The molecule has 1 aromatic carbocycles. The molecule has 0 aromatic heterocycles. The second-order valence-electron chi connectivity index (χ2n) is 3.55. The molecule has 0 saturated carbocycles. The van der Waals surface area contributed by atoms with E-state index >= 15 is 0 Å². The number of nitrogens with one attached hydrogen (secondary N) is 2. The molecule has 0 saturated heterocycles. The smallest absolute Gasteiger partial charge is 0.404 e. The van der Waals surface area contributed by atoms with Gasteiger partial charge in [0.05, 0.1) is 6.26 Å². The molecule has 0 unspecified atom stereocenters. The van der Waals surface area contributed by atoms with Crippen LogP contribution < -0.4 is 10.0 Å². The van der Waals surface area contributed by atoms with Crippen LogP contribution in [-0.2, 0) is 16.4 Å². The summed E-state index contributed by atoms with van der Waals surface area (Å²) in [5, 5.41) is 10.6. The van der Waals surface area contributed by atoms with Gasteiger partial charge in [-0.2, -0.15) is 0 Å². The molecule has 1 amide bonds. The van der Waals surface area contributed by atoms with Crippen molar-refractivity contribution >= 4 is 21.8 Å². The summed E-state index contributed by atoms with van der Waals surface area (Å²) in [6.45, 7) is 0.328. The monoisotopic (exact) mass is 258 g/mol. The number of anilines is 1. The molecule has 0 aliphatic carbocycles. The van der Waals surface area contributed by atoms with E-state index in [9.17, 15) is 13.2 Å². The summed E-state index contributed by atoms with van der Waals surface area (Å²) in [6, 6.07) is 6.77. The van der Waals surface area contributed by atoms with E-state index in [-0.39, 0.29) is 0 Å². The molecular formula is C10H14N2O4S. The highest BCUT2D eigenvalue weighted by Crippen LogP contribution is 2.10. The highest BCUT2D eigenvalue weighted by Gasteiger charge is 2.01. The van der Waals surface area contributed by atoms with Crippen LogP contribution in [-0.4, -0.2) is 32.4 Å². The lowest BCUT2D eigenvalue weighted by molar-refractivity contribution is 0.194.